The van der Waals surface area contributed by atoms with Crippen molar-refractivity contribution >= 4 is 29.0 Å². The van der Waals surface area contributed by atoms with Crippen molar-refractivity contribution in [2.75, 3.05) is 25.5 Å². The van der Waals surface area contributed by atoms with Crippen LogP contribution < -0.4 is 10.6 Å². The second-order valence-electron chi connectivity index (χ2n) is 4.78. The maximum Gasteiger partial charge on any atom is 0.311 e. The van der Waals surface area contributed by atoms with E-state index in [0.29, 0.717) is 25.2 Å². The number of amides is 1. The lowest BCUT2D eigenvalue weighted by molar-refractivity contribution is -0.139. The van der Waals surface area contributed by atoms with Gasteiger partial charge < -0.3 is 15.4 Å². The van der Waals surface area contributed by atoms with Gasteiger partial charge in [-0.2, -0.15) is 0 Å². The quantitative estimate of drug-likeness (QED) is 0.439. The molecule has 2 rings (SSSR count). The van der Waals surface area contributed by atoms with Crippen LogP contribution in [0, 0.1) is 0 Å². The minimum atomic E-state index is -0.316. The fourth-order valence-corrected chi connectivity index (χ4v) is 2.16. The van der Waals surface area contributed by atoms with E-state index < -0.39 is 0 Å². The smallest absolute Gasteiger partial charge is 0.311 e. The number of nitrogens with zero attached hydrogens (tertiary/aromatic N) is 1. The second kappa shape index (κ2) is 7.97. The average Bonchev–Trinajstić information content (AvgIpc) is 2.54. The third-order valence-corrected chi connectivity index (χ3v) is 3.22. The molecule has 0 aliphatic heterocycles. The maximum absolute atomic E-state index is 11.4. The van der Waals surface area contributed by atoms with Gasteiger partial charge in [0.05, 0.1) is 24.7 Å². The summed E-state index contributed by atoms with van der Waals surface area (Å²) in [5.41, 5.74) is 2.42. The lowest BCUT2D eigenvalue weighted by Gasteiger charge is -2.11. The highest BCUT2D eigenvalue weighted by atomic mass is 16.5. The van der Waals surface area contributed by atoms with E-state index in [1.54, 1.807) is 0 Å². The Labute approximate surface area is 128 Å². The van der Waals surface area contributed by atoms with Gasteiger partial charge in [0, 0.05) is 24.2 Å². The zero-order valence-corrected chi connectivity index (χ0v) is 12.5. The summed E-state index contributed by atoms with van der Waals surface area (Å²) in [5, 5.41) is 6.95. The number of hydrogen-bond acceptors (Lipinski definition) is 5. The summed E-state index contributed by atoms with van der Waals surface area (Å²) >= 11 is 0. The topological polar surface area (TPSA) is 80.3 Å². The van der Waals surface area contributed by atoms with Crippen LogP contribution in [0.3, 0.4) is 0 Å². The van der Waals surface area contributed by atoms with E-state index in [9.17, 15) is 9.59 Å². The minimum Gasteiger partial charge on any atom is -0.469 e. The summed E-state index contributed by atoms with van der Waals surface area (Å²) in [6.45, 7) is 1.33. The van der Waals surface area contributed by atoms with Crippen molar-refractivity contribution in [1.29, 1.82) is 0 Å². The van der Waals surface area contributed by atoms with Crippen LogP contribution in [0.2, 0.25) is 0 Å². The van der Waals surface area contributed by atoms with Crippen LogP contribution in [0.4, 0.5) is 5.69 Å². The van der Waals surface area contributed by atoms with E-state index >= 15 is 0 Å². The first kappa shape index (κ1) is 15.8. The molecule has 1 aromatic heterocycles. The van der Waals surface area contributed by atoms with Crippen molar-refractivity contribution in [1.82, 2.24) is 10.3 Å². The summed E-state index contributed by atoms with van der Waals surface area (Å²) < 4.78 is 4.69. The van der Waals surface area contributed by atoms with E-state index in [1.807, 2.05) is 30.3 Å². The predicted octanol–water partition coefficient (Wildman–Crippen LogP) is 1.50. The Kier molecular flexibility index (Phi) is 5.71. The molecular weight excluding hydrogens is 282 g/mol. The summed E-state index contributed by atoms with van der Waals surface area (Å²) in [6, 6.07) is 9.62. The average molecular weight is 301 g/mol. The first-order chi connectivity index (χ1) is 10.7. The SMILES string of the molecule is COC(=O)Cc1cc(NCCCNC=O)c2ccccc2n1. The molecule has 2 aromatic rings. The largest absolute Gasteiger partial charge is 0.469 e. The number of ether oxygens (including phenoxy) is 1. The Balaban J connectivity index is 2.18. The zero-order valence-electron chi connectivity index (χ0n) is 12.5. The van der Waals surface area contributed by atoms with E-state index in [1.165, 1.54) is 7.11 Å². The van der Waals surface area contributed by atoms with Crippen molar-refractivity contribution in [2.45, 2.75) is 12.8 Å². The van der Waals surface area contributed by atoms with Gasteiger partial charge in [0.1, 0.15) is 0 Å². The number of fused-ring (bicyclic) bond motifs is 1. The number of benzene rings is 1. The molecule has 22 heavy (non-hydrogen) atoms. The highest BCUT2D eigenvalue weighted by Crippen LogP contribution is 2.23. The van der Waals surface area contributed by atoms with Crippen molar-refractivity contribution in [3.05, 3.63) is 36.0 Å². The molecule has 0 aliphatic rings. The maximum atomic E-state index is 11.4. The van der Waals surface area contributed by atoms with Gasteiger partial charge in [-0.15, -0.1) is 0 Å². The normalized spacial score (nSPS) is 10.2. The molecule has 1 amide bonds. The summed E-state index contributed by atoms with van der Waals surface area (Å²) in [6.07, 6.45) is 1.64. The Bertz CT molecular complexity index is 658. The molecule has 6 nitrogen and oxygen atoms in total. The fourth-order valence-electron chi connectivity index (χ4n) is 2.16. The van der Waals surface area contributed by atoms with Gasteiger partial charge in [-0.05, 0) is 18.6 Å². The molecule has 2 N–H and O–H groups in total. The number of para-hydroxylation sites is 1. The Morgan fingerprint density at radius 1 is 1.32 bits per heavy atom. The van der Waals surface area contributed by atoms with Crippen LogP contribution in [0.15, 0.2) is 30.3 Å². The third-order valence-electron chi connectivity index (χ3n) is 3.22. The van der Waals surface area contributed by atoms with Crippen LogP contribution in [0.25, 0.3) is 10.9 Å². The molecule has 1 aromatic carbocycles. The molecular formula is C16H19N3O3. The second-order valence-corrected chi connectivity index (χ2v) is 4.78. The number of methoxy groups -OCH3 is 1. The summed E-state index contributed by atoms with van der Waals surface area (Å²) in [7, 11) is 1.36. The number of carbonyl (C=O) groups excluding carboxylic acids is 2. The number of rotatable bonds is 8. The van der Waals surface area contributed by atoms with Crippen LogP contribution in [0.5, 0.6) is 0 Å². The molecule has 6 heteroatoms. The van der Waals surface area contributed by atoms with E-state index in [-0.39, 0.29) is 12.4 Å². The Morgan fingerprint density at radius 2 is 2.14 bits per heavy atom. The van der Waals surface area contributed by atoms with Crippen molar-refractivity contribution in [3.8, 4) is 0 Å². The lowest BCUT2D eigenvalue weighted by Crippen LogP contribution is -2.16. The van der Waals surface area contributed by atoms with Crippen LogP contribution in [0.1, 0.15) is 12.1 Å². The van der Waals surface area contributed by atoms with Crippen LogP contribution >= 0.6 is 0 Å². The molecule has 0 spiro atoms. The number of aromatic nitrogens is 1. The molecule has 0 aliphatic carbocycles. The number of esters is 1. The molecule has 0 saturated heterocycles. The van der Waals surface area contributed by atoms with Crippen LogP contribution in [-0.4, -0.2) is 37.6 Å². The Morgan fingerprint density at radius 3 is 2.91 bits per heavy atom. The van der Waals surface area contributed by atoms with Crippen LogP contribution in [-0.2, 0) is 20.7 Å². The van der Waals surface area contributed by atoms with Crippen molar-refractivity contribution < 1.29 is 14.3 Å². The molecule has 0 unspecified atom stereocenters. The number of anilines is 1. The van der Waals surface area contributed by atoms with Gasteiger partial charge in [0.25, 0.3) is 0 Å². The standard InChI is InChI=1S/C16H19N3O3/c1-22-16(21)10-12-9-15(18-8-4-7-17-11-20)13-5-2-3-6-14(13)19-12/h2-3,5-6,9,11H,4,7-8,10H2,1H3,(H,17,20)(H,18,19). The molecule has 1 heterocycles. The third kappa shape index (κ3) is 4.18. The number of nitrogens with one attached hydrogen (secondary N) is 2. The number of pyridine rings is 1. The number of carbonyl (C=O) groups is 2. The zero-order chi connectivity index (χ0) is 15.8. The first-order valence-electron chi connectivity index (χ1n) is 7.11. The molecule has 0 saturated carbocycles. The summed E-state index contributed by atoms with van der Waals surface area (Å²) in [4.78, 5) is 26.1. The molecule has 0 bridgehead atoms. The molecule has 0 radical (unpaired) electrons. The highest BCUT2D eigenvalue weighted by molar-refractivity contribution is 5.92. The highest BCUT2D eigenvalue weighted by Gasteiger charge is 2.09. The molecule has 0 fully saturated rings. The van der Waals surface area contributed by atoms with Gasteiger partial charge in [0.2, 0.25) is 6.41 Å². The van der Waals surface area contributed by atoms with Crippen molar-refractivity contribution in [3.63, 3.8) is 0 Å². The van der Waals surface area contributed by atoms with Gasteiger partial charge >= 0.3 is 5.97 Å². The van der Waals surface area contributed by atoms with E-state index in [0.717, 1.165) is 23.0 Å². The van der Waals surface area contributed by atoms with E-state index in [4.69, 9.17) is 4.74 Å². The summed E-state index contributed by atoms with van der Waals surface area (Å²) in [5.74, 6) is -0.316. The minimum absolute atomic E-state index is 0.142. The monoisotopic (exact) mass is 301 g/mol. The molecule has 116 valence electrons. The van der Waals surface area contributed by atoms with Gasteiger partial charge in [-0.25, -0.2) is 0 Å². The van der Waals surface area contributed by atoms with Crippen molar-refractivity contribution in [2.24, 2.45) is 0 Å². The van der Waals surface area contributed by atoms with Gasteiger partial charge in [-0.3, -0.25) is 14.6 Å². The van der Waals surface area contributed by atoms with E-state index in [2.05, 4.69) is 15.6 Å². The lowest BCUT2D eigenvalue weighted by atomic mass is 10.1. The predicted molar refractivity (Wildman–Crippen MR) is 84.6 cm³/mol. The van der Waals surface area contributed by atoms with Gasteiger partial charge in [0.15, 0.2) is 0 Å². The fraction of sp³-hybridized carbons (Fsp3) is 0.312. The van der Waals surface area contributed by atoms with Gasteiger partial charge in [-0.1, -0.05) is 18.2 Å². The molecule has 0 atom stereocenters. The Hall–Kier alpha value is -2.63. The number of hydrogen-bond donors (Lipinski definition) is 2. The first-order valence-corrected chi connectivity index (χ1v) is 7.11.